The second-order valence-corrected chi connectivity index (χ2v) is 7.17. The number of ether oxygens (including phenoxy) is 1. The molecule has 7 heteroatoms. The molecule has 1 aromatic heterocycles. The van der Waals surface area contributed by atoms with Crippen LogP contribution in [0, 0.1) is 6.92 Å². The zero-order valence-electron chi connectivity index (χ0n) is 15.1. The van der Waals surface area contributed by atoms with Crippen LogP contribution < -0.4 is 15.3 Å². The predicted octanol–water partition coefficient (Wildman–Crippen LogP) is 2.93. The standard InChI is InChI=1S/C20H20ClN3O3/c1-12-5-3-4-6-15(12)24-16-9-13(21)10-17(27-2)18(16)19(22-20(24)26)23-8-7-14(25)11-23/h3-6,9-10,14,25H,7-8,11H2,1-2H3. The molecule has 0 spiro atoms. The van der Waals surface area contributed by atoms with Crippen molar-refractivity contribution in [3.05, 3.63) is 57.5 Å². The predicted molar refractivity (Wildman–Crippen MR) is 106 cm³/mol. The Morgan fingerprint density at radius 3 is 2.74 bits per heavy atom. The van der Waals surface area contributed by atoms with Crippen LogP contribution in [0.5, 0.6) is 5.75 Å². The van der Waals surface area contributed by atoms with Crippen LogP contribution in [-0.2, 0) is 0 Å². The molecule has 0 amide bonds. The number of halogens is 1. The lowest BCUT2D eigenvalue weighted by atomic mass is 10.1. The molecule has 1 aliphatic heterocycles. The second kappa shape index (κ2) is 6.87. The zero-order chi connectivity index (χ0) is 19.1. The van der Waals surface area contributed by atoms with E-state index in [4.69, 9.17) is 16.3 Å². The highest BCUT2D eigenvalue weighted by molar-refractivity contribution is 6.31. The molecule has 1 unspecified atom stereocenters. The number of hydrogen-bond acceptors (Lipinski definition) is 5. The second-order valence-electron chi connectivity index (χ2n) is 6.73. The lowest BCUT2D eigenvalue weighted by Gasteiger charge is -2.22. The number of aliphatic hydroxyl groups excluding tert-OH is 1. The molecule has 1 N–H and O–H groups in total. The highest BCUT2D eigenvalue weighted by Gasteiger charge is 2.26. The summed E-state index contributed by atoms with van der Waals surface area (Å²) in [5, 5.41) is 11.1. The van der Waals surface area contributed by atoms with Crippen molar-refractivity contribution in [3.8, 4) is 11.4 Å². The number of benzene rings is 2. The van der Waals surface area contributed by atoms with Crippen molar-refractivity contribution >= 4 is 28.3 Å². The topological polar surface area (TPSA) is 67.6 Å². The summed E-state index contributed by atoms with van der Waals surface area (Å²) in [5.41, 5.74) is 1.94. The fraction of sp³-hybridized carbons (Fsp3) is 0.300. The van der Waals surface area contributed by atoms with Crippen molar-refractivity contribution in [1.82, 2.24) is 9.55 Å². The summed E-state index contributed by atoms with van der Waals surface area (Å²) in [6, 6.07) is 11.1. The van der Waals surface area contributed by atoms with Crippen LogP contribution >= 0.6 is 11.6 Å². The van der Waals surface area contributed by atoms with Crippen LogP contribution in [0.15, 0.2) is 41.2 Å². The summed E-state index contributed by atoms with van der Waals surface area (Å²) >= 11 is 6.32. The molecule has 1 saturated heterocycles. The number of methoxy groups -OCH3 is 1. The summed E-state index contributed by atoms with van der Waals surface area (Å²) in [5.74, 6) is 1.06. The van der Waals surface area contributed by atoms with Crippen LogP contribution in [0.4, 0.5) is 5.82 Å². The van der Waals surface area contributed by atoms with E-state index in [9.17, 15) is 9.90 Å². The van der Waals surface area contributed by atoms with E-state index in [1.165, 1.54) is 0 Å². The first-order chi connectivity index (χ1) is 13.0. The fourth-order valence-corrected chi connectivity index (χ4v) is 3.84. The SMILES string of the molecule is COc1cc(Cl)cc2c1c(N1CCC(O)C1)nc(=O)n2-c1ccccc1C. The van der Waals surface area contributed by atoms with Crippen LogP contribution in [0.3, 0.4) is 0 Å². The number of fused-ring (bicyclic) bond motifs is 1. The lowest BCUT2D eigenvalue weighted by Crippen LogP contribution is -2.29. The van der Waals surface area contributed by atoms with E-state index in [0.717, 1.165) is 11.3 Å². The van der Waals surface area contributed by atoms with Crippen molar-refractivity contribution in [2.45, 2.75) is 19.4 Å². The molecule has 0 radical (unpaired) electrons. The van der Waals surface area contributed by atoms with Crippen molar-refractivity contribution in [2.75, 3.05) is 25.1 Å². The van der Waals surface area contributed by atoms with Gasteiger partial charge in [-0.15, -0.1) is 0 Å². The Bertz CT molecular complexity index is 1080. The van der Waals surface area contributed by atoms with Gasteiger partial charge in [0, 0.05) is 18.1 Å². The lowest BCUT2D eigenvalue weighted by molar-refractivity contribution is 0.198. The van der Waals surface area contributed by atoms with E-state index in [1.54, 1.807) is 23.8 Å². The normalized spacial score (nSPS) is 16.9. The van der Waals surface area contributed by atoms with Crippen molar-refractivity contribution in [2.24, 2.45) is 0 Å². The fourth-order valence-electron chi connectivity index (χ4n) is 3.64. The first-order valence-corrected chi connectivity index (χ1v) is 9.16. The van der Waals surface area contributed by atoms with Gasteiger partial charge in [0.05, 0.1) is 29.8 Å². The first kappa shape index (κ1) is 17.8. The van der Waals surface area contributed by atoms with Gasteiger partial charge in [0.25, 0.3) is 0 Å². The highest BCUT2D eigenvalue weighted by atomic mass is 35.5. The third-order valence-corrected chi connectivity index (χ3v) is 5.16. The van der Waals surface area contributed by atoms with Gasteiger partial charge >= 0.3 is 5.69 Å². The molecule has 1 fully saturated rings. The van der Waals surface area contributed by atoms with Gasteiger partial charge in [-0.05, 0) is 37.1 Å². The molecule has 27 heavy (non-hydrogen) atoms. The summed E-state index contributed by atoms with van der Waals surface area (Å²) in [6.45, 7) is 3.00. The Morgan fingerprint density at radius 1 is 1.30 bits per heavy atom. The van der Waals surface area contributed by atoms with Crippen molar-refractivity contribution in [3.63, 3.8) is 0 Å². The van der Waals surface area contributed by atoms with Crippen LogP contribution in [0.2, 0.25) is 5.02 Å². The Balaban J connectivity index is 2.10. The summed E-state index contributed by atoms with van der Waals surface area (Å²) in [4.78, 5) is 19.3. The van der Waals surface area contributed by atoms with Crippen LogP contribution in [0.1, 0.15) is 12.0 Å². The van der Waals surface area contributed by atoms with E-state index >= 15 is 0 Å². The van der Waals surface area contributed by atoms with Crippen LogP contribution in [0.25, 0.3) is 16.6 Å². The van der Waals surface area contributed by atoms with E-state index in [2.05, 4.69) is 4.98 Å². The smallest absolute Gasteiger partial charge is 0.354 e. The van der Waals surface area contributed by atoms with E-state index < -0.39 is 11.8 Å². The van der Waals surface area contributed by atoms with E-state index in [-0.39, 0.29) is 0 Å². The molecule has 6 nitrogen and oxygen atoms in total. The number of rotatable bonds is 3. The van der Waals surface area contributed by atoms with Gasteiger partial charge in [-0.25, -0.2) is 4.79 Å². The Morgan fingerprint density at radius 2 is 2.07 bits per heavy atom. The molecule has 0 saturated carbocycles. The van der Waals surface area contributed by atoms with Gasteiger partial charge in [-0.1, -0.05) is 29.8 Å². The molecule has 0 bridgehead atoms. The van der Waals surface area contributed by atoms with Gasteiger partial charge in [0.15, 0.2) is 0 Å². The number of β-amino-alcohol motifs (C(OH)–C–C–N with tert-alkyl or cyclic N) is 1. The molecule has 140 valence electrons. The van der Waals surface area contributed by atoms with Gasteiger partial charge in [-0.3, -0.25) is 4.57 Å². The maximum atomic E-state index is 13.0. The number of aromatic nitrogens is 2. The third kappa shape index (κ3) is 3.05. The number of hydrogen-bond donors (Lipinski definition) is 1. The zero-order valence-corrected chi connectivity index (χ0v) is 15.9. The minimum atomic E-state index is -0.432. The molecular formula is C20H20ClN3O3. The Hall–Kier alpha value is -2.57. The molecule has 2 heterocycles. The molecule has 1 aliphatic rings. The highest BCUT2D eigenvalue weighted by Crippen LogP contribution is 2.37. The maximum Gasteiger partial charge on any atom is 0.354 e. The minimum Gasteiger partial charge on any atom is -0.496 e. The summed E-state index contributed by atoms with van der Waals surface area (Å²) in [7, 11) is 1.57. The Labute approximate surface area is 161 Å². The molecule has 4 rings (SSSR count). The van der Waals surface area contributed by atoms with Gasteiger partial charge in [-0.2, -0.15) is 4.98 Å². The third-order valence-electron chi connectivity index (χ3n) is 4.94. The number of aryl methyl sites for hydroxylation is 1. The molecule has 2 aromatic carbocycles. The quantitative estimate of drug-likeness (QED) is 0.750. The number of anilines is 1. The van der Waals surface area contributed by atoms with Gasteiger partial charge in [0.1, 0.15) is 11.6 Å². The van der Waals surface area contributed by atoms with Crippen molar-refractivity contribution in [1.29, 1.82) is 0 Å². The number of para-hydroxylation sites is 1. The monoisotopic (exact) mass is 385 g/mol. The largest absolute Gasteiger partial charge is 0.496 e. The van der Waals surface area contributed by atoms with Crippen molar-refractivity contribution < 1.29 is 9.84 Å². The number of nitrogens with zero attached hydrogens (tertiary/aromatic N) is 3. The van der Waals surface area contributed by atoms with E-state index in [1.807, 2.05) is 36.1 Å². The average Bonchev–Trinajstić information content (AvgIpc) is 3.07. The Kier molecular flexibility index (Phi) is 4.53. The molecule has 0 aliphatic carbocycles. The van der Waals surface area contributed by atoms with Gasteiger partial charge < -0.3 is 14.7 Å². The number of aliphatic hydroxyl groups is 1. The maximum absolute atomic E-state index is 13.0. The van der Waals surface area contributed by atoms with Crippen LogP contribution in [-0.4, -0.2) is 41.0 Å². The van der Waals surface area contributed by atoms with Gasteiger partial charge in [0.2, 0.25) is 0 Å². The summed E-state index contributed by atoms with van der Waals surface area (Å²) in [6.07, 6.45) is 0.207. The first-order valence-electron chi connectivity index (χ1n) is 8.79. The summed E-state index contributed by atoms with van der Waals surface area (Å²) < 4.78 is 7.13. The molecular weight excluding hydrogens is 366 g/mol. The average molecular weight is 386 g/mol. The van der Waals surface area contributed by atoms with E-state index in [0.29, 0.717) is 47.0 Å². The molecule has 1 atom stereocenters. The molecule has 3 aromatic rings. The minimum absolute atomic E-state index is 0.391.